The van der Waals surface area contributed by atoms with Crippen LogP contribution in [0.2, 0.25) is 0 Å². The molecule has 0 aliphatic rings. The molecule has 0 amide bonds. The summed E-state index contributed by atoms with van der Waals surface area (Å²) in [7, 11) is 0. The number of hydrogen-bond donors (Lipinski definition) is 2. The van der Waals surface area contributed by atoms with E-state index in [4.69, 9.17) is 10.2 Å². The molecular weight excluding hydrogens is 392 g/mol. The van der Waals surface area contributed by atoms with Crippen LogP contribution in [0.25, 0.3) is 0 Å². The number of rotatable bonds is 9. The number of hydrazone groups is 2. The van der Waals surface area contributed by atoms with E-state index in [9.17, 15) is 0 Å². The Bertz CT molecular complexity index is 1040. The molecule has 0 fully saturated rings. The number of nitrogens with zero attached hydrogens (tertiary/aromatic N) is 2. The van der Waals surface area contributed by atoms with Crippen LogP contribution in [0.15, 0.2) is 132 Å². The first-order chi connectivity index (χ1) is 15.9. The number of hydrogen-bond acceptors (Lipinski definition) is 4. The lowest BCUT2D eigenvalue weighted by Gasteiger charge is -2.13. The van der Waals surface area contributed by atoms with Gasteiger partial charge in [0, 0.05) is 12.8 Å². The van der Waals surface area contributed by atoms with Gasteiger partial charge in [-0.05, 0) is 35.4 Å². The molecule has 4 aromatic carbocycles. The Morgan fingerprint density at radius 1 is 0.438 bits per heavy atom. The van der Waals surface area contributed by atoms with Crippen LogP contribution in [0.4, 0.5) is 11.4 Å². The van der Waals surface area contributed by atoms with Crippen molar-refractivity contribution in [1.29, 1.82) is 0 Å². The second-order valence-electron chi connectivity index (χ2n) is 7.40. The summed E-state index contributed by atoms with van der Waals surface area (Å²) in [5.41, 5.74) is 12.4. The second-order valence-corrected chi connectivity index (χ2v) is 7.40. The molecular formula is C28H26N4. The van der Waals surface area contributed by atoms with Gasteiger partial charge in [0.15, 0.2) is 0 Å². The number of benzene rings is 4. The van der Waals surface area contributed by atoms with Gasteiger partial charge in [-0.1, -0.05) is 97.1 Å². The molecule has 0 aliphatic heterocycles. The maximum atomic E-state index is 4.79. The molecule has 0 heterocycles. The largest absolute Gasteiger partial charge is 0.278 e. The van der Waals surface area contributed by atoms with Crippen LogP contribution >= 0.6 is 0 Å². The molecule has 158 valence electrons. The van der Waals surface area contributed by atoms with Crippen molar-refractivity contribution < 1.29 is 0 Å². The Labute approximate surface area is 189 Å². The second kappa shape index (κ2) is 11.3. The number of anilines is 2. The molecule has 4 rings (SSSR count). The predicted molar refractivity (Wildman–Crippen MR) is 135 cm³/mol. The van der Waals surface area contributed by atoms with Crippen molar-refractivity contribution in [2.24, 2.45) is 10.2 Å². The van der Waals surface area contributed by atoms with Gasteiger partial charge in [-0.25, -0.2) is 0 Å². The van der Waals surface area contributed by atoms with Crippen LogP contribution in [-0.2, 0) is 12.8 Å². The van der Waals surface area contributed by atoms with Crippen LogP contribution in [-0.4, -0.2) is 11.4 Å². The average molecular weight is 419 g/mol. The van der Waals surface area contributed by atoms with Gasteiger partial charge >= 0.3 is 0 Å². The maximum Gasteiger partial charge on any atom is 0.0886 e. The van der Waals surface area contributed by atoms with Crippen molar-refractivity contribution in [3.63, 3.8) is 0 Å². The summed E-state index contributed by atoms with van der Waals surface area (Å²) in [6, 6.07) is 40.7. The summed E-state index contributed by atoms with van der Waals surface area (Å²) in [5.74, 6) is 0. The first-order valence-electron chi connectivity index (χ1n) is 10.7. The van der Waals surface area contributed by atoms with E-state index in [1.54, 1.807) is 0 Å². The molecule has 4 aromatic rings. The zero-order valence-corrected chi connectivity index (χ0v) is 17.9. The standard InChI is InChI=1S/C28H26N4/c1-5-13-23(14-6-1)21-27(31-29-25-17-9-3-10-18-25)28(22-24-15-7-2-8-16-24)32-30-26-19-11-4-12-20-26/h1-20,29-30H,21-22H2. The fourth-order valence-electron chi connectivity index (χ4n) is 3.28. The van der Waals surface area contributed by atoms with Crippen LogP contribution < -0.4 is 10.9 Å². The summed E-state index contributed by atoms with van der Waals surface area (Å²) >= 11 is 0. The zero-order chi connectivity index (χ0) is 21.8. The highest BCUT2D eigenvalue weighted by Gasteiger charge is 2.13. The monoisotopic (exact) mass is 418 g/mol. The fraction of sp³-hybridized carbons (Fsp3) is 0.0714. The Morgan fingerprint density at radius 3 is 1.09 bits per heavy atom. The third-order valence-electron chi connectivity index (χ3n) is 4.95. The van der Waals surface area contributed by atoms with Gasteiger partial charge in [-0.15, -0.1) is 0 Å². The van der Waals surface area contributed by atoms with Gasteiger partial charge in [-0.2, -0.15) is 10.2 Å². The van der Waals surface area contributed by atoms with Gasteiger partial charge < -0.3 is 0 Å². The van der Waals surface area contributed by atoms with Crippen molar-refractivity contribution >= 4 is 22.8 Å². The van der Waals surface area contributed by atoms with Crippen molar-refractivity contribution in [2.45, 2.75) is 12.8 Å². The van der Waals surface area contributed by atoms with E-state index in [0.29, 0.717) is 12.8 Å². The molecule has 0 aliphatic carbocycles. The quantitative estimate of drug-likeness (QED) is 0.244. The smallest absolute Gasteiger partial charge is 0.0886 e. The Balaban J connectivity index is 1.68. The molecule has 32 heavy (non-hydrogen) atoms. The fourth-order valence-corrected chi connectivity index (χ4v) is 3.28. The molecule has 4 nitrogen and oxygen atoms in total. The summed E-state index contributed by atoms with van der Waals surface area (Å²) in [6.45, 7) is 0. The molecule has 0 saturated heterocycles. The topological polar surface area (TPSA) is 48.8 Å². The van der Waals surface area contributed by atoms with E-state index < -0.39 is 0 Å². The highest BCUT2D eigenvalue weighted by molar-refractivity contribution is 6.43. The van der Waals surface area contributed by atoms with Crippen molar-refractivity contribution in [2.75, 3.05) is 10.9 Å². The molecule has 0 atom stereocenters. The summed E-state index contributed by atoms with van der Waals surface area (Å²) < 4.78 is 0. The zero-order valence-electron chi connectivity index (χ0n) is 17.9. The van der Waals surface area contributed by atoms with Crippen LogP contribution in [0.1, 0.15) is 11.1 Å². The molecule has 0 aromatic heterocycles. The average Bonchev–Trinajstić information content (AvgIpc) is 2.87. The van der Waals surface area contributed by atoms with Crippen molar-refractivity contribution in [1.82, 2.24) is 0 Å². The third-order valence-corrected chi connectivity index (χ3v) is 4.95. The Morgan fingerprint density at radius 2 is 0.750 bits per heavy atom. The molecule has 0 bridgehead atoms. The molecule has 0 radical (unpaired) electrons. The predicted octanol–water partition coefficient (Wildman–Crippen LogP) is 6.41. The first-order valence-corrected chi connectivity index (χ1v) is 10.7. The van der Waals surface area contributed by atoms with Crippen LogP contribution in [0.3, 0.4) is 0 Å². The highest BCUT2D eigenvalue weighted by Crippen LogP contribution is 2.11. The normalized spacial score (nSPS) is 11.8. The minimum Gasteiger partial charge on any atom is -0.278 e. The van der Waals surface area contributed by atoms with E-state index in [1.165, 1.54) is 11.1 Å². The lowest BCUT2D eigenvalue weighted by atomic mass is 10.00. The van der Waals surface area contributed by atoms with E-state index in [1.807, 2.05) is 97.1 Å². The molecule has 0 unspecified atom stereocenters. The van der Waals surface area contributed by atoms with Gasteiger partial charge in [0.2, 0.25) is 0 Å². The lowest BCUT2D eigenvalue weighted by Crippen LogP contribution is -2.22. The number of para-hydroxylation sites is 2. The molecule has 4 heteroatoms. The van der Waals surface area contributed by atoms with E-state index in [0.717, 1.165) is 22.8 Å². The maximum absolute atomic E-state index is 4.79. The first kappa shape index (κ1) is 21.1. The number of nitrogens with one attached hydrogen (secondary N) is 2. The van der Waals surface area contributed by atoms with Crippen molar-refractivity contribution in [3.05, 3.63) is 132 Å². The SMILES string of the molecule is c1ccc(CC(=NNc2ccccc2)C(Cc2ccccc2)=NNc2ccccc2)cc1. The van der Waals surface area contributed by atoms with E-state index in [2.05, 4.69) is 35.1 Å². The Kier molecular flexibility index (Phi) is 7.42. The van der Waals surface area contributed by atoms with Gasteiger partial charge in [0.25, 0.3) is 0 Å². The van der Waals surface area contributed by atoms with Crippen LogP contribution in [0.5, 0.6) is 0 Å². The molecule has 0 spiro atoms. The minimum absolute atomic E-state index is 0.669. The molecule has 2 N–H and O–H groups in total. The van der Waals surface area contributed by atoms with Gasteiger partial charge in [0.1, 0.15) is 0 Å². The summed E-state index contributed by atoms with van der Waals surface area (Å²) in [5, 5.41) is 9.59. The highest BCUT2D eigenvalue weighted by atomic mass is 15.3. The van der Waals surface area contributed by atoms with E-state index >= 15 is 0 Å². The van der Waals surface area contributed by atoms with Gasteiger partial charge in [-0.3, -0.25) is 10.9 Å². The minimum atomic E-state index is 0.669. The van der Waals surface area contributed by atoms with Gasteiger partial charge in [0.05, 0.1) is 22.8 Å². The van der Waals surface area contributed by atoms with E-state index in [-0.39, 0.29) is 0 Å². The third kappa shape index (κ3) is 6.41. The van der Waals surface area contributed by atoms with Crippen molar-refractivity contribution in [3.8, 4) is 0 Å². The molecule has 0 saturated carbocycles. The summed E-state index contributed by atoms with van der Waals surface area (Å²) in [4.78, 5) is 0. The van der Waals surface area contributed by atoms with Crippen LogP contribution in [0, 0.1) is 0 Å². The lowest BCUT2D eigenvalue weighted by molar-refractivity contribution is 1.22. The summed E-state index contributed by atoms with van der Waals surface area (Å²) in [6.07, 6.45) is 1.34. The Hall–Kier alpha value is -4.18.